The molecule has 0 spiro atoms. The van der Waals surface area contributed by atoms with Crippen molar-refractivity contribution in [2.45, 2.75) is 117 Å². The Balaban J connectivity index is 0.000000113. The summed E-state index contributed by atoms with van der Waals surface area (Å²) in [5, 5.41) is 47.9. The second-order valence-electron chi connectivity index (χ2n) is 42.2. The van der Waals surface area contributed by atoms with Gasteiger partial charge in [0, 0.05) is 107 Å². The molecule has 0 bridgehead atoms. The predicted molar refractivity (Wildman–Crippen MR) is 517 cm³/mol. The number of nitrogens with one attached hydrogen (secondary N) is 12. The van der Waals surface area contributed by atoms with Crippen LogP contribution in [0, 0.1) is 113 Å². The minimum absolute atomic E-state index is 0.0383. The van der Waals surface area contributed by atoms with Crippen LogP contribution in [0.4, 0.5) is 0 Å². The molecule has 7 unspecified atom stereocenters. The molecule has 6 amide bonds. The van der Waals surface area contributed by atoms with Gasteiger partial charge in [-0.3, -0.25) is 38.7 Å². The molecule has 6 aliphatic heterocycles. The van der Waals surface area contributed by atoms with Crippen molar-refractivity contribution in [1.82, 2.24) is 97.9 Å². The number of amides is 6. The van der Waals surface area contributed by atoms with Crippen molar-refractivity contribution in [3.63, 3.8) is 0 Å². The summed E-state index contributed by atoms with van der Waals surface area (Å²) in [6, 6.07) is 41.4. The summed E-state index contributed by atoms with van der Waals surface area (Å²) in [5.41, 5.74) is 0.762. The topological polar surface area (TPSA) is 376 Å². The van der Waals surface area contributed by atoms with E-state index >= 15 is 0 Å². The van der Waals surface area contributed by atoms with Crippen LogP contribution in [0.25, 0.3) is 38.1 Å². The summed E-state index contributed by atoms with van der Waals surface area (Å²) in [5.74, 6) is 13.2. The average molecular weight is 1840 g/mol. The lowest BCUT2D eigenvalue weighted by Crippen LogP contribution is -2.49. The highest BCUT2D eigenvalue weighted by Crippen LogP contribution is 2.53. The van der Waals surface area contributed by atoms with E-state index in [1.807, 2.05) is 241 Å². The number of imidazole rings is 1. The van der Waals surface area contributed by atoms with Crippen LogP contribution in [0.5, 0.6) is 34.8 Å². The van der Waals surface area contributed by atoms with Gasteiger partial charge in [0.1, 0.15) is 56.9 Å². The molecular weight excluding hydrogens is 1710 g/mol. The number of hydrogen-bond donors (Lipinski definition) is 12. The zero-order valence-corrected chi connectivity index (χ0v) is 80.0. The van der Waals surface area contributed by atoms with Gasteiger partial charge in [0.15, 0.2) is 11.4 Å². The van der Waals surface area contributed by atoms with E-state index < -0.39 is 22.2 Å². The van der Waals surface area contributed by atoms with E-state index in [0.717, 1.165) is 145 Å². The first kappa shape index (κ1) is 95.1. The van der Waals surface area contributed by atoms with Gasteiger partial charge >= 0.3 is 0 Å². The summed E-state index contributed by atoms with van der Waals surface area (Å²) >= 11 is 0. The maximum absolute atomic E-state index is 12.5. The van der Waals surface area contributed by atoms with E-state index in [9.17, 15) is 28.8 Å². The predicted octanol–water partition coefficient (Wildman–Crippen LogP) is 8.50. The third-order valence-corrected chi connectivity index (χ3v) is 28.6. The first-order valence-electron chi connectivity index (χ1n) is 48.2. The van der Waals surface area contributed by atoms with Crippen molar-refractivity contribution < 1.29 is 57.2 Å². The summed E-state index contributed by atoms with van der Waals surface area (Å²) in [6.45, 7) is 38.3. The molecule has 6 aliphatic carbocycles. The summed E-state index contributed by atoms with van der Waals surface area (Å²) in [6.07, 6.45) is 14.3. The van der Waals surface area contributed by atoms with Crippen LogP contribution >= 0.6 is 0 Å². The van der Waals surface area contributed by atoms with Gasteiger partial charge < -0.3 is 96.6 Å². The molecule has 22 rings (SSSR count). The molecule has 6 saturated carbocycles. The Morgan fingerprint density at radius 3 is 1.25 bits per heavy atom. The van der Waals surface area contributed by atoms with Gasteiger partial charge in [-0.25, -0.2) is 14.6 Å². The van der Waals surface area contributed by atoms with Crippen LogP contribution in [0.15, 0.2) is 177 Å². The van der Waals surface area contributed by atoms with E-state index in [0.29, 0.717) is 122 Å². The number of fused-ring (bicyclic) bond motifs is 10. The monoisotopic (exact) mass is 1840 g/mol. The zero-order valence-electron chi connectivity index (χ0n) is 80.0. The van der Waals surface area contributed by atoms with Crippen molar-refractivity contribution in [2.24, 2.45) is 114 Å². The SMILES string of the molecule is CC(C)(COc1cccn2ccnc12)NC(=O)C1[C@H]2CNC[C@@H]12.CC(C)(COc1ccnc2ccccc12)NC(=O)C1[C@H]2CNC[C@@H]12.CC(C)(COc1cncc2ccccc12)NC(=O)C1[C@H]2CNC[C@@H]12.CC(C)(COc1nccc2ccccc12)NC(=O)C1[C@H]2CNC[C@@H]12.Cc1ccccc1OCC(C)NC(=O)C1[C@H]2CNC[C@@H]12.Cn1nccc1OCC(C)(C)NC(=O)C1[C@H]2CNC[C@@H]12. The normalized spacial score (nSPS) is 26.3. The Kier molecular flexibility index (Phi) is 28.4. The zero-order chi connectivity index (χ0) is 94.7. The molecule has 10 aromatic rings. The van der Waals surface area contributed by atoms with Crippen LogP contribution < -0.4 is 92.2 Å². The minimum Gasteiger partial charge on any atom is -0.491 e. The van der Waals surface area contributed by atoms with Gasteiger partial charge in [-0.1, -0.05) is 72.8 Å². The second-order valence-corrected chi connectivity index (χ2v) is 42.2. The van der Waals surface area contributed by atoms with Gasteiger partial charge in [-0.05, 0) is 292 Å². The number of aromatic nitrogens is 7. The van der Waals surface area contributed by atoms with Crippen LogP contribution in [-0.2, 0) is 35.8 Å². The lowest BCUT2D eigenvalue weighted by Gasteiger charge is -2.27. The number of rotatable bonds is 30. The highest BCUT2D eigenvalue weighted by molar-refractivity contribution is 5.90. The van der Waals surface area contributed by atoms with E-state index in [-0.39, 0.29) is 82.5 Å². The average Bonchev–Trinajstić information content (AvgIpc) is 1.62. The molecule has 12 fully saturated rings. The molecule has 0 radical (unpaired) electrons. The number of nitrogens with zero attached hydrogens (tertiary/aromatic N) is 7. The van der Waals surface area contributed by atoms with Gasteiger partial charge in [0.25, 0.3) is 0 Å². The molecule has 12 N–H and O–H groups in total. The highest BCUT2D eigenvalue weighted by Gasteiger charge is 2.62. The molecular formula is C104H135N19O12. The fraction of sp³-hybridized carbons (Fsp3) is 0.529. The van der Waals surface area contributed by atoms with Gasteiger partial charge in [0.05, 0.1) is 51.6 Å². The van der Waals surface area contributed by atoms with Crippen molar-refractivity contribution in [1.29, 1.82) is 0 Å². The van der Waals surface area contributed by atoms with Crippen LogP contribution in [-0.4, -0.2) is 221 Å². The Labute approximate surface area is 790 Å². The lowest BCUT2D eigenvalue weighted by molar-refractivity contribution is -0.125. The Hall–Kier alpha value is -11.6. The van der Waals surface area contributed by atoms with Gasteiger partial charge in [0.2, 0.25) is 47.2 Å². The number of carbonyl (C=O) groups is 6. The van der Waals surface area contributed by atoms with Gasteiger partial charge in [-0.2, -0.15) is 5.10 Å². The minimum atomic E-state index is -0.431. The molecule has 12 heterocycles. The van der Waals surface area contributed by atoms with Crippen molar-refractivity contribution >= 4 is 73.5 Å². The van der Waals surface area contributed by atoms with Crippen LogP contribution in [0.1, 0.15) is 81.7 Å². The third-order valence-electron chi connectivity index (χ3n) is 28.6. The largest absolute Gasteiger partial charge is 0.491 e. The van der Waals surface area contributed by atoms with Crippen LogP contribution in [0.2, 0.25) is 0 Å². The molecule has 6 aromatic heterocycles. The Morgan fingerprint density at radius 2 is 0.770 bits per heavy atom. The maximum Gasteiger partial charge on any atom is 0.224 e. The summed E-state index contributed by atoms with van der Waals surface area (Å²) in [7, 11) is 1.83. The molecule has 12 aliphatic rings. The number of aryl methyl sites for hydroxylation is 2. The smallest absolute Gasteiger partial charge is 0.224 e. The van der Waals surface area contributed by atoms with Crippen molar-refractivity contribution in [3.05, 3.63) is 183 Å². The number of hydrogen-bond acceptors (Lipinski definition) is 23. The highest BCUT2D eigenvalue weighted by atomic mass is 16.5. The lowest BCUT2D eigenvalue weighted by atomic mass is 10.1. The maximum atomic E-state index is 12.5. The van der Waals surface area contributed by atoms with E-state index in [4.69, 9.17) is 28.4 Å². The fourth-order valence-electron chi connectivity index (χ4n) is 20.8. The van der Waals surface area contributed by atoms with Gasteiger partial charge in [-0.15, -0.1) is 0 Å². The molecule has 31 nitrogen and oxygen atoms in total. The van der Waals surface area contributed by atoms with Crippen LogP contribution in [0.3, 0.4) is 0 Å². The molecule has 718 valence electrons. The number of ether oxygens (including phenoxy) is 6. The standard InChI is InChI=1S/3C19H23N3O2.C17H22N4O2.C16H22N2O2.C14H22N4O2/c1-19(2,22-18(23)17-14-8-21-9-15(14)17)11-24-16-10-20-7-12-5-3-4-6-13(12)16;1-19(2,22-18(23)17-13-9-20-10-14(13)17)11-24-16-7-8-21-15-6-4-3-5-12(15)16;1-19(2,22-17(23)16-14-9-20-10-15(14)16)11-24-18-13-6-4-3-5-12(13)7-8-21-18;1-17(2,20-16(22)14-11-8-18-9-12(11)14)10-23-13-4-3-6-21-7-5-19-15(13)21;1-10-5-3-4-6-14(10)20-9-11(2)18-16(19)15-12-7-17-8-13(12)15;1-14(2,8-20-11-4-5-16-18(11)3)17-13(19)12-9-6-15-7-10(9)12/h3-7,10,14-15,17,21H,8-9,11H2,1-2H3,(H,22,23);3-8,13-14,17,20H,9-11H2,1-2H3,(H,22,23);3-8,14-16,20H,9-11H2,1-2H3,(H,22,23);3-7,11-12,14,18H,8-10H2,1-2H3,(H,20,22);3-6,11-13,15,17H,7-9H2,1-2H3,(H,18,19);4-5,9-10,12,15H,6-8H2,1-3H3,(H,17,19)/t14-,15+,17?;13-,14+,17?;14-,15+,16?;11-,12+,14?;11?,12-,13+,15?;9-,10+,12?. The molecule has 6 saturated heterocycles. The molecule has 19 atom stereocenters. The number of para-hydroxylation sites is 2. The first-order valence-corrected chi connectivity index (χ1v) is 48.2. The third kappa shape index (κ3) is 23.2. The Bertz CT molecular complexity index is 5490. The molecule has 4 aromatic carbocycles. The molecule has 31 heteroatoms. The Morgan fingerprint density at radius 1 is 0.370 bits per heavy atom. The number of benzene rings is 4. The summed E-state index contributed by atoms with van der Waals surface area (Å²) < 4.78 is 38.9. The number of carbonyl (C=O) groups excluding carboxylic acids is 6. The molecule has 135 heavy (non-hydrogen) atoms. The van der Waals surface area contributed by atoms with Crippen molar-refractivity contribution in [2.75, 3.05) is 118 Å². The first-order chi connectivity index (χ1) is 64.8. The number of pyridine rings is 4. The summed E-state index contributed by atoms with van der Waals surface area (Å²) in [4.78, 5) is 91.3. The fourth-order valence-corrected chi connectivity index (χ4v) is 20.8. The quantitative estimate of drug-likeness (QED) is 0.0201. The van der Waals surface area contributed by atoms with E-state index in [1.54, 1.807) is 35.7 Å². The second kappa shape index (κ2) is 40.4. The van der Waals surface area contributed by atoms with E-state index in [1.165, 1.54) is 0 Å². The number of piperidine rings is 6. The van der Waals surface area contributed by atoms with E-state index in [2.05, 4.69) is 88.8 Å². The van der Waals surface area contributed by atoms with Crippen molar-refractivity contribution in [3.8, 4) is 34.8 Å².